The second-order valence-electron chi connectivity index (χ2n) is 17.0. The third-order valence-electron chi connectivity index (χ3n) is 7.65. The minimum Gasteiger partial charge on any atom is -0.158 e. The van der Waals surface area contributed by atoms with E-state index in [0.29, 0.717) is 0 Å². The molecule has 0 bridgehead atoms. The minimum atomic E-state index is 0.238. The molecular formula is C38H58Cl2N2. The second kappa shape index (κ2) is 14.9. The lowest BCUT2D eigenvalue weighted by Gasteiger charge is -2.22. The van der Waals surface area contributed by atoms with Crippen LogP contribution < -0.4 is 0 Å². The highest BCUT2D eigenvalue weighted by Crippen LogP contribution is 2.31. The molecule has 0 fully saturated rings. The van der Waals surface area contributed by atoms with Crippen LogP contribution in [-0.4, -0.2) is 12.4 Å². The van der Waals surface area contributed by atoms with E-state index in [9.17, 15) is 0 Å². The molecule has 0 atom stereocenters. The van der Waals surface area contributed by atoms with Crippen molar-refractivity contribution in [3.63, 3.8) is 0 Å². The molecule has 0 heterocycles. The highest BCUT2D eigenvalue weighted by molar-refractivity contribution is 6.31. The second-order valence-corrected chi connectivity index (χ2v) is 17.9. The number of benzene rings is 2. The maximum absolute atomic E-state index is 6.65. The van der Waals surface area contributed by atoms with E-state index in [1.54, 1.807) is 0 Å². The van der Waals surface area contributed by atoms with E-state index in [4.69, 9.17) is 23.2 Å². The first-order valence-corrected chi connectivity index (χ1v) is 16.6. The molecule has 0 aliphatic carbocycles. The average molecular weight is 614 g/mol. The Bertz CT molecular complexity index is 1050. The fourth-order valence-corrected chi connectivity index (χ4v) is 5.38. The van der Waals surface area contributed by atoms with Crippen LogP contribution in [0.15, 0.2) is 34.5 Å². The summed E-state index contributed by atoms with van der Waals surface area (Å²) in [5.41, 5.74) is 8.30. The molecule has 0 aliphatic heterocycles. The number of aryl methyl sites for hydroxylation is 4. The zero-order chi connectivity index (χ0) is 31.9. The van der Waals surface area contributed by atoms with E-state index in [0.717, 1.165) is 61.4 Å². The monoisotopic (exact) mass is 612 g/mol. The Kier molecular flexibility index (Phi) is 13.0. The molecular weight excluding hydrogens is 555 g/mol. The number of hydrogen-bond acceptors (Lipinski definition) is 2. The van der Waals surface area contributed by atoms with Crippen LogP contribution >= 0.6 is 23.2 Å². The van der Waals surface area contributed by atoms with Gasteiger partial charge in [-0.3, -0.25) is 0 Å². The highest BCUT2D eigenvalue weighted by Gasteiger charge is 2.18. The maximum Gasteiger partial charge on any atom is 0.0573 e. The predicted octanol–water partition coefficient (Wildman–Crippen LogP) is 12.4. The Morgan fingerprint density at radius 2 is 0.667 bits per heavy atom. The Morgan fingerprint density at radius 1 is 0.452 bits per heavy atom. The number of halogens is 2. The van der Waals surface area contributed by atoms with Crippen LogP contribution in [0.2, 0.25) is 10.0 Å². The maximum atomic E-state index is 6.65. The summed E-state index contributed by atoms with van der Waals surface area (Å²) in [6.45, 7) is 27.5. The third kappa shape index (κ3) is 14.2. The lowest BCUT2D eigenvalue weighted by molar-refractivity contribution is 0.375. The van der Waals surface area contributed by atoms with Crippen LogP contribution in [0, 0.1) is 21.7 Å². The van der Waals surface area contributed by atoms with Crippen molar-refractivity contribution in [1.82, 2.24) is 0 Å². The fourth-order valence-electron chi connectivity index (χ4n) is 4.85. The SMILES string of the molecule is CC(C)(C)CCc1cc(Cl)cc(CCC(C)(C)C)c1/C=N/N=C/c1c(CCC(C)(C)C)cc(Cl)cc1CCC(C)(C)C. The van der Waals surface area contributed by atoms with Gasteiger partial charge in [-0.25, -0.2) is 0 Å². The van der Waals surface area contributed by atoms with Gasteiger partial charge in [0.2, 0.25) is 0 Å². The molecule has 2 rings (SSSR count). The van der Waals surface area contributed by atoms with Crippen molar-refractivity contribution < 1.29 is 0 Å². The van der Waals surface area contributed by atoms with Gasteiger partial charge >= 0.3 is 0 Å². The Morgan fingerprint density at radius 3 is 0.857 bits per heavy atom. The van der Waals surface area contributed by atoms with Gasteiger partial charge in [0.25, 0.3) is 0 Å². The average Bonchev–Trinajstić information content (AvgIpc) is 2.81. The fraction of sp³-hybridized carbons (Fsp3) is 0.632. The van der Waals surface area contributed by atoms with E-state index in [1.807, 2.05) is 12.4 Å². The largest absolute Gasteiger partial charge is 0.158 e. The van der Waals surface area contributed by atoms with Gasteiger partial charge in [-0.1, -0.05) is 106 Å². The van der Waals surface area contributed by atoms with Crippen LogP contribution in [0.5, 0.6) is 0 Å². The van der Waals surface area contributed by atoms with Crippen LogP contribution in [0.25, 0.3) is 0 Å². The topological polar surface area (TPSA) is 24.7 Å². The summed E-state index contributed by atoms with van der Waals surface area (Å²) < 4.78 is 0. The van der Waals surface area contributed by atoms with Gasteiger partial charge in [-0.15, -0.1) is 0 Å². The summed E-state index contributed by atoms with van der Waals surface area (Å²) in [4.78, 5) is 0. The molecule has 234 valence electrons. The van der Waals surface area contributed by atoms with E-state index >= 15 is 0 Å². The zero-order valence-electron chi connectivity index (χ0n) is 28.8. The Hall–Kier alpha value is -1.64. The first kappa shape index (κ1) is 36.6. The molecule has 0 unspecified atom stereocenters. The van der Waals surface area contributed by atoms with E-state index in [2.05, 4.69) is 118 Å². The molecule has 0 amide bonds. The molecule has 0 N–H and O–H groups in total. The van der Waals surface area contributed by atoms with E-state index in [-0.39, 0.29) is 21.7 Å². The van der Waals surface area contributed by atoms with Gasteiger partial charge in [0, 0.05) is 21.2 Å². The van der Waals surface area contributed by atoms with Crippen molar-refractivity contribution in [2.45, 2.75) is 134 Å². The Labute approximate surface area is 268 Å². The molecule has 2 aromatic rings. The molecule has 0 aromatic heterocycles. The Balaban J connectivity index is 2.53. The summed E-state index contributed by atoms with van der Waals surface area (Å²) >= 11 is 13.3. The van der Waals surface area contributed by atoms with Crippen LogP contribution in [0.1, 0.15) is 142 Å². The molecule has 0 saturated carbocycles. The summed E-state index contributed by atoms with van der Waals surface area (Å²) in [6.07, 6.45) is 12.1. The van der Waals surface area contributed by atoms with Gasteiger partial charge in [-0.05, 0) is 120 Å². The van der Waals surface area contributed by atoms with E-state index in [1.165, 1.54) is 33.4 Å². The smallest absolute Gasteiger partial charge is 0.0573 e. The van der Waals surface area contributed by atoms with Crippen LogP contribution in [-0.2, 0) is 25.7 Å². The van der Waals surface area contributed by atoms with Crippen molar-refractivity contribution in [3.05, 3.63) is 67.7 Å². The lowest BCUT2D eigenvalue weighted by Crippen LogP contribution is -2.11. The van der Waals surface area contributed by atoms with Gasteiger partial charge in [-0.2, -0.15) is 10.2 Å². The van der Waals surface area contributed by atoms with E-state index < -0.39 is 0 Å². The summed E-state index contributed by atoms with van der Waals surface area (Å²) in [6, 6.07) is 8.47. The molecule has 42 heavy (non-hydrogen) atoms. The van der Waals surface area contributed by atoms with Crippen molar-refractivity contribution in [1.29, 1.82) is 0 Å². The standard InChI is InChI=1S/C38H58Cl2N2/c1-35(2,3)17-13-27-21-31(39)22-28(14-18-36(4,5)6)33(27)25-41-42-26-34-29(15-19-37(7,8)9)23-32(40)24-30(34)16-20-38(10,11)12/h21-26H,13-20H2,1-12H3/b41-25+,42-26+. The number of nitrogens with zero attached hydrogens (tertiary/aromatic N) is 2. The van der Waals surface area contributed by atoms with Crippen molar-refractivity contribution in [2.75, 3.05) is 0 Å². The van der Waals surface area contributed by atoms with Crippen LogP contribution in [0.3, 0.4) is 0 Å². The normalized spacial score (nSPS) is 13.6. The first-order valence-electron chi connectivity index (χ1n) is 15.8. The summed E-state index contributed by atoms with van der Waals surface area (Å²) in [7, 11) is 0. The molecule has 0 saturated heterocycles. The molecule has 0 aliphatic rings. The van der Waals surface area contributed by atoms with Gasteiger partial charge < -0.3 is 0 Å². The molecule has 2 nitrogen and oxygen atoms in total. The minimum absolute atomic E-state index is 0.238. The number of hydrogen-bond donors (Lipinski definition) is 0. The summed E-state index contributed by atoms with van der Waals surface area (Å²) in [5, 5.41) is 10.9. The quantitative estimate of drug-likeness (QED) is 0.178. The lowest BCUT2D eigenvalue weighted by atomic mass is 9.84. The summed E-state index contributed by atoms with van der Waals surface area (Å²) in [5.74, 6) is 0. The van der Waals surface area contributed by atoms with Gasteiger partial charge in [0.15, 0.2) is 0 Å². The van der Waals surface area contributed by atoms with Crippen LogP contribution in [0.4, 0.5) is 0 Å². The number of rotatable bonds is 11. The first-order chi connectivity index (χ1) is 19.1. The third-order valence-corrected chi connectivity index (χ3v) is 8.09. The zero-order valence-corrected chi connectivity index (χ0v) is 30.3. The highest BCUT2D eigenvalue weighted by atomic mass is 35.5. The van der Waals surface area contributed by atoms with Gasteiger partial charge in [0.1, 0.15) is 0 Å². The molecule has 0 spiro atoms. The molecule has 0 radical (unpaired) electrons. The molecule has 4 heteroatoms. The molecule has 2 aromatic carbocycles. The van der Waals surface area contributed by atoms with Crippen molar-refractivity contribution >= 4 is 35.6 Å². The van der Waals surface area contributed by atoms with Crippen molar-refractivity contribution in [2.24, 2.45) is 31.9 Å². The van der Waals surface area contributed by atoms with Crippen molar-refractivity contribution in [3.8, 4) is 0 Å². The van der Waals surface area contributed by atoms with Gasteiger partial charge in [0.05, 0.1) is 12.4 Å². The predicted molar refractivity (Wildman–Crippen MR) is 189 cm³/mol.